The standard InChI is InChI=1S/C14H14F3N5O3/c1-21-10(23)5-4-9(20-21)12(24)22-6-2-3-8(7-22)11-18-19-13(25-11)14(15,16)17/h4-5,8H,2-3,6-7H2,1H3/t8-/m1/s1. The van der Waals surface area contributed by atoms with E-state index in [1.54, 1.807) is 0 Å². The summed E-state index contributed by atoms with van der Waals surface area (Å²) in [6.45, 7) is 0.572. The van der Waals surface area contributed by atoms with Crippen molar-refractivity contribution in [3.63, 3.8) is 0 Å². The summed E-state index contributed by atoms with van der Waals surface area (Å²) in [6.07, 6.45) is -3.59. The zero-order chi connectivity index (χ0) is 18.2. The van der Waals surface area contributed by atoms with Gasteiger partial charge in [-0.3, -0.25) is 9.59 Å². The van der Waals surface area contributed by atoms with Crippen LogP contribution < -0.4 is 5.56 Å². The molecule has 0 aliphatic carbocycles. The molecule has 3 rings (SSSR count). The molecule has 8 nitrogen and oxygen atoms in total. The van der Waals surface area contributed by atoms with Gasteiger partial charge in [-0.25, -0.2) is 4.68 Å². The molecular weight excluding hydrogens is 343 g/mol. The van der Waals surface area contributed by atoms with Gasteiger partial charge in [0.25, 0.3) is 11.5 Å². The van der Waals surface area contributed by atoms with E-state index < -0.39 is 23.9 Å². The van der Waals surface area contributed by atoms with Crippen LogP contribution in [0, 0.1) is 0 Å². The Kier molecular flexibility index (Phi) is 4.31. The van der Waals surface area contributed by atoms with E-state index in [0.29, 0.717) is 19.4 Å². The average Bonchev–Trinajstić information content (AvgIpc) is 3.07. The second-order valence-electron chi connectivity index (χ2n) is 5.71. The largest absolute Gasteiger partial charge is 0.470 e. The normalized spacial score (nSPS) is 18.4. The van der Waals surface area contributed by atoms with E-state index in [0.717, 1.165) is 4.68 Å². The van der Waals surface area contributed by atoms with E-state index in [-0.39, 0.29) is 23.7 Å². The second-order valence-corrected chi connectivity index (χ2v) is 5.71. The highest BCUT2D eigenvalue weighted by atomic mass is 19.4. The van der Waals surface area contributed by atoms with Crippen molar-refractivity contribution in [2.45, 2.75) is 24.9 Å². The fourth-order valence-electron chi connectivity index (χ4n) is 2.66. The third-order valence-electron chi connectivity index (χ3n) is 3.92. The number of carbonyl (C=O) groups is 1. The molecule has 0 aromatic carbocycles. The van der Waals surface area contributed by atoms with Gasteiger partial charge < -0.3 is 9.32 Å². The molecule has 0 unspecified atom stereocenters. The van der Waals surface area contributed by atoms with E-state index in [2.05, 4.69) is 15.3 Å². The van der Waals surface area contributed by atoms with Gasteiger partial charge in [-0.15, -0.1) is 10.2 Å². The van der Waals surface area contributed by atoms with Gasteiger partial charge in [0, 0.05) is 26.2 Å². The van der Waals surface area contributed by atoms with Gasteiger partial charge >= 0.3 is 12.1 Å². The number of piperidine rings is 1. The molecule has 2 aromatic heterocycles. The van der Waals surface area contributed by atoms with Crippen molar-refractivity contribution >= 4 is 5.91 Å². The van der Waals surface area contributed by atoms with Gasteiger partial charge in [0.2, 0.25) is 5.89 Å². The lowest BCUT2D eigenvalue weighted by Gasteiger charge is -2.30. The Morgan fingerprint density at radius 1 is 1.32 bits per heavy atom. The molecule has 1 saturated heterocycles. The summed E-state index contributed by atoms with van der Waals surface area (Å²) in [5.74, 6) is -2.42. The number of halogens is 3. The highest BCUT2D eigenvalue weighted by Gasteiger charge is 2.39. The van der Waals surface area contributed by atoms with Crippen LogP contribution in [0.4, 0.5) is 13.2 Å². The van der Waals surface area contributed by atoms with Gasteiger partial charge in [-0.1, -0.05) is 0 Å². The Morgan fingerprint density at radius 3 is 2.72 bits per heavy atom. The summed E-state index contributed by atoms with van der Waals surface area (Å²) in [6, 6.07) is 2.55. The minimum absolute atomic E-state index is 0.0873. The topological polar surface area (TPSA) is 94.1 Å². The minimum atomic E-state index is -4.70. The van der Waals surface area contributed by atoms with Gasteiger partial charge in [0.15, 0.2) is 0 Å². The Bertz CT molecular complexity index is 845. The molecule has 25 heavy (non-hydrogen) atoms. The molecule has 2 aromatic rings. The maximum absolute atomic E-state index is 12.6. The predicted molar refractivity (Wildman–Crippen MR) is 76.7 cm³/mol. The first kappa shape index (κ1) is 17.1. The molecule has 1 atom stereocenters. The van der Waals surface area contributed by atoms with E-state index in [1.807, 2.05) is 0 Å². The van der Waals surface area contributed by atoms with Crippen molar-refractivity contribution in [2.24, 2.45) is 7.05 Å². The first-order valence-corrected chi connectivity index (χ1v) is 7.50. The number of rotatable bonds is 2. The molecule has 0 N–H and O–H groups in total. The Balaban J connectivity index is 1.76. The molecule has 0 spiro atoms. The van der Waals surface area contributed by atoms with Crippen molar-refractivity contribution < 1.29 is 22.4 Å². The number of hydrogen-bond acceptors (Lipinski definition) is 6. The van der Waals surface area contributed by atoms with E-state index in [1.165, 1.54) is 24.1 Å². The average molecular weight is 357 g/mol. The zero-order valence-electron chi connectivity index (χ0n) is 13.2. The van der Waals surface area contributed by atoms with Crippen LogP contribution in [0.2, 0.25) is 0 Å². The van der Waals surface area contributed by atoms with Crippen LogP contribution >= 0.6 is 0 Å². The maximum Gasteiger partial charge on any atom is 0.470 e. The Hall–Kier alpha value is -2.72. The summed E-state index contributed by atoms with van der Waals surface area (Å²) >= 11 is 0. The number of carbonyl (C=O) groups excluding carboxylic acids is 1. The van der Waals surface area contributed by atoms with Crippen molar-refractivity contribution in [1.29, 1.82) is 0 Å². The highest BCUT2D eigenvalue weighted by molar-refractivity contribution is 5.92. The summed E-state index contributed by atoms with van der Waals surface area (Å²) in [5, 5.41) is 10.4. The monoisotopic (exact) mass is 357 g/mol. The Morgan fingerprint density at radius 2 is 2.08 bits per heavy atom. The van der Waals surface area contributed by atoms with Gasteiger partial charge in [0.1, 0.15) is 5.69 Å². The highest BCUT2D eigenvalue weighted by Crippen LogP contribution is 2.32. The molecule has 0 bridgehead atoms. The maximum atomic E-state index is 12.6. The third kappa shape index (κ3) is 3.54. The SMILES string of the molecule is Cn1nc(C(=O)N2CCC[C@@H](c3nnc(C(F)(F)F)o3)C2)ccc1=O. The van der Waals surface area contributed by atoms with E-state index in [4.69, 9.17) is 4.42 Å². The molecule has 0 saturated carbocycles. The van der Waals surface area contributed by atoms with Crippen LogP contribution in [-0.2, 0) is 13.2 Å². The minimum Gasteiger partial charge on any atom is -0.417 e. The zero-order valence-corrected chi connectivity index (χ0v) is 13.2. The van der Waals surface area contributed by atoms with Crippen LogP contribution in [0.25, 0.3) is 0 Å². The number of aryl methyl sites for hydroxylation is 1. The van der Waals surface area contributed by atoms with Gasteiger partial charge in [0.05, 0.1) is 5.92 Å². The van der Waals surface area contributed by atoms with Crippen molar-refractivity contribution in [2.75, 3.05) is 13.1 Å². The molecule has 1 aliphatic heterocycles. The van der Waals surface area contributed by atoms with Crippen LogP contribution in [-0.4, -0.2) is 43.9 Å². The number of hydrogen-bond donors (Lipinski definition) is 0. The van der Waals surface area contributed by atoms with Gasteiger partial charge in [-0.2, -0.15) is 18.3 Å². The van der Waals surface area contributed by atoms with Crippen LogP contribution in [0.5, 0.6) is 0 Å². The predicted octanol–water partition coefficient (Wildman–Crippen LogP) is 1.20. The fraction of sp³-hybridized carbons (Fsp3) is 0.500. The lowest BCUT2D eigenvalue weighted by Crippen LogP contribution is -2.40. The molecule has 1 amide bonds. The lowest BCUT2D eigenvalue weighted by molar-refractivity contribution is -0.157. The summed E-state index contributed by atoms with van der Waals surface area (Å²) < 4.78 is 43.5. The van der Waals surface area contributed by atoms with Crippen LogP contribution in [0.15, 0.2) is 21.3 Å². The Labute approximate surface area is 139 Å². The number of alkyl halides is 3. The molecule has 11 heteroatoms. The van der Waals surface area contributed by atoms with Crippen LogP contribution in [0.3, 0.4) is 0 Å². The number of nitrogens with zero attached hydrogens (tertiary/aromatic N) is 5. The van der Waals surface area contributed by atoms with Crippen LogP contribution in [0.1, 0.15) is 41.0 Å². The van der Waals surface area contributed by atoms with Gasteiger partial charge in [-0.05, 0) is 18.9 Å². The van der Waals surface area contributed by atoms with Crippen molar-refractivity contribution in [3.05, 3.63) is 40.0 Å². The first-order valence-electron chi connectivity index (χ1n) is 7.50. The molecule has 1 aliphatic rings. The number of aromatic nitrogens is 4. The second kappa shape index (κ2) is 6.30. The van der Waals surface area contributed by atoms with Crippen molar-refractivity contribution in [3.8, 4) is 0 Å². The molecular formula is C14H14F3N5O3. The lowest BCUT2D eigenvalue weighted by atomic mass is 9.98. The molecule has 0 radical (unpaired) electrons. The number of amides is 1. The summed E-state index contributed by atoms with van der Waals surface area (Å²) in [5.41, 5.74) is -0.261. The first-order chi connectivity index (χ1) is 11.8. The molecule has 1 fully saturated rings. The number of likely N-dealkylation sites (tertiary alicyclic amines) is 1. The van der Waals surface area contributed by atoms with Crippen molar-refractivity contribution in [1.82, 2.24) is 24.9 Å². The summed E-state index contributed by atoms with van der Waals surface area (Å²) in [7, 11) is 1.43. The smallest absolute Gasteiger partial charge is 0.417 e. The molecule has 3 heterocycles. The summed E-state index contributed by atoms with van der Waals surface area (Å²) in [4.78, 5) is 25.3. The molecule has 134 valence electrons. The third-order valence-corrected chi connectivity index (χ3v) is 3.92. The quantitative estimate of drug-likeness (QED) is 0.802. The van der Waals surface area contributed by atoms with E-state index in [9.17, 15) is 22.8 Å². The fourth-order valence-corrected chi connectivity index (χ4v) is 2.66. The van der Waals surface area contributed by atoms with E-state index >= 15 is 0 Å².